The third-order valence-electron chi connectivity index (χ3n) is 5.41. The molecule has 0 amide bonds. The molecule has 2 aliphatic rings. The third kappa shape index (κ3) is 3.38. The summed E-state index contributed by atoms with van der Waals surface area (Å²) in [5.41, 5.74) is 11.4. The number of nitrogens with zero attached hydrogens (tertiary/aromatic N) is 4. The molecule has 0 radical (unpaired) electrons. The molecule has 1 aromatic carbocycles. The highest BCUT2D eigenvalue weighted by Crippen LogP contribution is 2.39. The molecule has 0 aliphatic carbocycles. The molecular formula is C22H23N5O2. The van der Waals surface area contributed by atoms with E-state index in [4.69, 9.17) is 20.2 Å². The van der Waals surface area contributed by atoms with Crippen LogP contribution in [0.3, 0.4) is 0 Å². The monoisotopic (exact) mass is 389 g/mol. The van der Waals surface area contributed by atoms with E-state index in [-0.39, 0.29) is 6.04 Å². The molecule has 3 aromatic rings. The lowest BCUT2D eigenvalue weighted by Crippen LogP contribution is -2.27. The molecule has 1 unspecified atom stereocenters. The Hall–Kier alpha value is -3.19. The number of anilines is 1. The predicted octanol–water partition coefficient (Wildman–Crippen LogP) is 3.03. The number of rotatable bonds is 4. The zero-order valence-electron chi connectivity index (χ0n) is 16.3. The molecule has 29 heavy (non-hydrogen) atoms. The number of pyridine rings is 1. The van der Waals surface area contributed by atoms with E-state index >= 15 is 0 Å². The van der Waals surface area contributed by atoms with Gasteiger partial charge in [0.2, 0.25) is 11.8 Å². The van der Waals surface area contributed by atoms with Crippen LogP contribution in [0.25, 0.3) is 22.3 Å². The van der Waals surface area contributed by atoms with Crippen molar-refractivity contribution in [3.8, 4) is 34.0 Å². The Morgan fingerprint density at radius 1 is 1.17 bits per heavy atom. The minimum absolute atomic E-state index is 0.221. The van der Waals surface area contributed by atoms with Crippen LogP contribution in [0.1, 0.15) is 18.9 Å². The van der Waals surface area contributed by atoms with Crippen molar-refractivity contribution < 1.29 is 9.47 Å². The van der Waals surface area contributed by atoms with Crippen molar-refractivity contribution >= 4 is 5.82 Å². The van der Waals surface area contributed by atoms with E-state index < -0.39 is 0 Å². The summed E-state index contributed by atoms with van der Waals surface area (Å²) in [6.45, 7) is 4.76. The van der Waals surface area contributed by atoms with Gasteiger partial charge in [0.15, 0.2) is 0 Å². The van der Waals surface area contributed by atoms with Gasteiger partial charge in [-0.2, -0.15) is 10.1 Å². The summed E-state index contributed by atoms with van der Waals surface area (Å²) >= 11 is 0. The first-order valence-electron chi connectivity index (χ1n) is 9.95. The van der Waals surface area contributed by atoms with Gasteiger partial charge in [-0.25, -0.2) is 0 Å². The Labute approximate surface area is 169 Å². The highest BCUT2D eigenvalue weighted by Gasteiger charge is 2.24. The fourth-order valence-electron chi connectivity index (χ4n) is 3.94. The molecule has 4 heterocycles. The Morgan fingerprint density at radius 2 is 2.07 bits per heavy atom. The normalized spacial score (nSPS) is 17.4. The molecule has 2 aliphatic heterocycles. The summed E-state index contributed by atoms with van der Waals surface area (Å²) in [5, 5.41) is 8.05. The van der Waals surface area contributed by atoms with Crippen LogP contribution in [-0.2, 0) is 6.61 Å². The van der Waals surface area contributed by atoms with Gasteiger partial charge >= 0.3 is 0 Å². The smallest absolute Gasteiger partial charge is 0.233 e. The van der Waals surface area contributed by atoms with Crippen LogP contribution < -0.4 is 20.1 Å². The maximum absolute atomic E-state index is 6.03. The van der Waals surface area contributed by atoms with Crippen LogP contribution in [0.4, 0.5) is 5.82 Å². The van der Waals surface area contributed by atoms with E-state index in [0.29, 0.717) is 25.0 Å². The number of benzene rings is 1. The zero-order valence-corrected chi connectivity index (χ0v) is 16.3. The van der Waals surface area contributed by atoms with Gasteiger partial charge in [0.05, 0.1) is 12.8 Å². The fraction of sp³-hybridized carbons (Fsp3) is 0.318. The van der Waals surface area contributed by atoms with Gasteiger partial charge in [0.1, 0.15) is 12.4 Å². The van der Waals surface area contributed by atoms with Crippen LogP contribution in [0.5, 0.6) is 11.8 Å². The molecule has 1 saturated heterocycles. The lowest BCUT2D eigenvalue weighted by molar-refractivity contribution is 0.290. The lowest BCUT2D eigenvalue weighted by Gasteiger charge is -2.23. The van der Waals surface area contributed by atoms with Crippen molar-refractivity contribution in [2.24, 2.45) is 5.73 Å². The predicted molar refractivity (Wildman–Crippen MR) is 111 cm³/mol. The van der Waals surface area contributed by atoms with Crippen molar-refractivity contribution in [3.05, 3.63) is 48.2 Å². The molecule has 2 N–H and O–H groups in total. The van der Waals surface area contributed by atoms with Crippen LogP contribution in [-0.4, -0.2) is 40.9 Å². The molecule has 1 atom stereocenters. The molecule has 0 bridgehead atoms. The Balaban J connectivity index is 1.46. The van der Waals surface area contributed by atoms with Gasteiger partial charge in [-0.1, -0.05) is 12.1 Å². The maximum Gasteiger partial charge on any atom is 0.233 e. The van der Waals surface area contributed by atoms with E-state index in [1.165, 1.54) is 0 Å². The molecule has 148 valence electrons. The Kier molecular flexibility index (Phi) is 4.52. The molecule has 1 fully saturated rings. The molecule has 7 nitrogen and oxygen atoms in total. The van der Waals surface area contributed by atoms with Crippen LogP contribution in [0, 0.1) is 0 Å². The number of fused-ring (bicyclic) bond motifs is 3. The summed E-state index contributed by atoms with van der Waals surface area (Å²) < 4.78 is 11.5. The first-order chi connectivity index (χ1) is 14.2. The molecular weight excluding hydrogens is 366 g/mol. The number of nitrogens with two attached hydrogens (primary N) is 1. The summed E-state index contributed by atoms with van der Waals surface area (Å²) in [6.07, 6.45) is 2.75. The number of aromatic nitrogens is 3. The minimum Gasteiger partial charge on any atom is -0.477 e. The average Bonchev–Trinajstić information content (AvgIpc) is 3.19. The molecule has 0 spiro atoms. The topological polar surface area (TPSA) is 86.4 Å². The first kappa shape index (κ1) is 17.9. The maximum atomic E-state index is 6.03. The van der Waals surface area contributed by atoms with Crippen LogP contribution in [0.2, 0.25) is 0 Å². The van der Waals surface area contributed by atoms with Gasteiger partial charge in [-0.3, -0.25) is 0 Å². The summed E-state index contributed by atoms with van der Waals surface area (Å²) in [7, 11) is 0. The highest BCUT2D eigenvalue weighted by molar-refractivity contribution is 5.78. The molecule has 2 aromatic heterocycles. The van der Waals surface area contributed by atoms with Gasteiger partial charge in [0, 0.05) is 36.3 Å². The van der Waals surface area contributed by atoms with Gasteiger partial charge < -0.3 is 20.1 Å². The summed E-state index contributed by atoms with van der Waals surface area (Å²) in [4.78, 5) is 6.98. The largest absolute Gasteiger partial charge is 0.477 e. The molecule has 5 rings (SSSR count). The second-order valence-corrected chi connectivity index (χ2v) is 7.39. The third-order valence-corrected chi connectivity index (χ3v) is 5.41. The first-order valence-corrected chi connectivity index (χ1v) is 9.95. The number of hydrogen-bond donors (Lipinski definition) is 1. The average molecular weight is 389 g/mol. The molecule has 7 heteroatoms. The van der Waals surface area contributed by atoms with Crippen molar-refractivity contribution in [1.82, 2.24) is 15.2 Å². The van der Waals surface area contributed by atoms with E-state index in [1.54, 1.807) is 6.20 Å². The SMILES string of the molecule is CCOc1cc(-c2ccc3c(c2)COc2nc(N4CCC(N)C4)ccc2-3)cnn1. The van der Waals surface area contributed by atoms with E-state index in [1.807, 2.05) is 13.0 Å². The highest BCUT2D eigenvalue weighted by atomic mass is 16.5. The Bertz CT molecular complexity index is 1060. The van der Waals surface area contributed by atoms with Crippen molar-refractivity contribution in [2.45, 2.75) is 26.0 Å². The van der Waals surface area contributed by atoms with E-state index in [9.17, 15) is 0 Å². The minimum atomic E-state index is 0.221. The van der Waals surface area contributed by atoms with Gasteiger partial charge in [-0.15, -0.1) is 5.10 Å². The molecule has 0 saturated carbocycles. The second kappa shape index (κ2) is 7.33. The van der Waals surface area contributed by atoms with Crippen LogP contribution in [0.15, 0.2) is 42.6 Å². The second-order valence-electron chi connectivity index (χ2n) is 7.39. The van der Waals surface area contributed by atoms with Gasteiger partial charge in [0.25, 0.3) is 0 Å². The summed E-state index contributed by atoms with van der Waals surface area (Å²) in [5.74, 6) is 2.15. The van der Waals surface area contributed by atoms with Gasteiger partial charge in [-0.05, 0) is 48.2 Å². The fourth-order valence-corrected chi connectivity index (χ4v) is 3.94. The number of hydrogen-bond acceptors (Lipinski definition) is 7. The lowest BCUT2D eigenvalue weighted by atomic mass is 9.95. The van der Waals surface area contributed by atoms with Crippen LogP contribution >= 0.6 is 0 Å². The number of ether oxygens (including phenoxy) is 2. The van der Waals surface area contributed by atoms with Crippen molar-refractivity contribution in [2.75, 3.05) is 24.6 Å². The quantitative estimate of drug-likeness (QED) is 0.734. The van der Waals surface area contributed by atoms with E-state index in [0.717, 1.165) is 53.1 Å². The van der Waals surface area contributed by atoms with E-state index in [2.05, 4.69) is 45.4 Å². The van der Waals surface area contributed by atoms with Crippen molar-refractivity contribution in [3.63, 3.8) is 0 Å². The Morgan fingerprint density at radius 3 is 2.90 bits per heavy atom. The van der Waals surface area contributed by atoms with Crippen molar-refractivity contribution in [1.29, 1.82) is 0 Å². The zero-order chi connectivity index (χ0) is 19.8. The summed E-state index contributed by atoms with van der Waals surface area (Å²) in [6, 6.07) is 12.6. The standard InChI is InChI=1S/C22H23N5O2/c1-2-28-21-10-15(11-24-26-21)14-3-4-18-16(9-14)13-29-22-19(18)5-6-20(25-22)27-8-7-17(23)12-27/h3-6,9-11,17H,2,7-8,12-13,23H2,1H3.